The van der Waals surface area contributed by atoms with Crippen LogP contribution >= 0.6 is 15.9 Å². The van der Waals surface area contributed by atoms with Crippen LogP contribution in [-0.2, 0) is 19.4 Å². The van der Waals surface area contributed by atoms with E-state index >= 15 is 0 Å². The monoisotopic (exact) mass is 302 g/mol. The van der Waals surface area contributed by atoms with Gasteiger partial charge in [-0.25, -0.2) is 4.98 Å². The zero-order valence-electron chi connectivity index (χ0n) is 10.1. The minimum Gasteiger partial charge on any atom is -0.366 e. The number of rotatable bonds is 3. The summed E-state index contributed by atoms with van der Waals surface area (Å²) >= 11 is 3.56. The van der Waals surface area contributed by atoms with Crippen LogP contribution in [-0.4, -0.2) is 4.98 Å². The van der Waals surface area contributed by atoms with E-state index in [1.165, 1.54) is 29.7 Å². The van der Waals surface area contributed by atoms with Gasteiger partial charge in [0.15, 0.2) is 0 Å². The number of aromatic nitrogens is 1. The Morgan fingerprint density at radius 2 is 2.00 bits per heavy atom. The molecule has 0 bridgehead atoms. The van der Waals surface area contributed by atoms with Crippen LogP contribution in [0.3, 0.4) is 0 Å². The number of benzene rings is 1. The third kappa shape index (κ3) is 2.41. The van der Waals surface area contributed by atoms with Crippen molar-refractivity contribution in [2.45, 2.75) is 25.8 Å². The number of nitrogens with zero attached hydrogens (tertiary/aromatic N) is 1. The summed E-state index contributed by atoms with van der Waals surface area (Å²) in [5.41, 5.74) is 3.94. The van der Waals surface area contributed by atoms with Crippen LogP contribution in [0.2, 0.25) is 0 Å². The van der Waals surface area contributed by atoms with Crippen molar-refractivity contribution in [3.63, 3.8) is 0 Å². The summed E-state index contributed by atoms with van der Waals surface area (Å²) in [5, 5.41) is 3.39. The van der Waals surface area contributed by atoms with Gasteiger partial charge in [-0.05, 0) is 42.5 Å². The van der Waals surface area contributed by atoms with Gasteiger partial charge in [-0.2, -0.15) is 0 Å². The molecule has 0 saturated heterocycles. The lowest BCUT2D eigenvalue weighted by Gasteiger charge is -2.08. The average molecular weight is 303 g/mol. The van der Waals surface area contributed by atoms with Crippen molar-refractivity contribution in [2.75, 3.05) is 5.32 Å². The summed E-state index contributed by atoms with van der Waals surface area (Å²) in [4.78, 5) is 4.67. The van der Waals surface area contributed by atoms with Crippen molar-refractivity contribution in [3.05, 3.63) is 57.7 Å². The molecule has 3 rings (SSSR count). The molecule has 3 heteroatoms. The highest BCUT2D eigenvalue weighted by Gasteiger charge is 2.12. The number of fused-ring (bicyclic) bond motifs is 1. The van der Waals surface area contributed by atoms with Gasteiger partial charge >= 0.3 is 0 Å². The molecule has 0 saturated carbocycles. The molecule has 1 aromatic carbocycles. The van der Waals surface area contributed by atoms with Crippen molar-refractivity contribution in [3.8, 4) is 0 Å². The maximum Gasteiger partial charge on any atom is 0.126 e. The normalized spacial score (nSPS) is 13.4. The molecule has 1 N–H and O–H groups in total. The van der Waals surface area contributed by atoms with E-state index in [1.54, 1.807) is 0 Å². The Balaban J connectivity index is 1.72. The van der Waals surface area contributed by atoms with Gasteiger partial charge in [-0.15, -0.1) is 0 Å². The van der Waals surface area contributed by atoms with Gasteiger partial charge < -0.3 is 5.32 Å². The van der Waals surface area contributed by atoms with Gasteiger partial charge in [0.1, 0.15) is 5.82 Å². The Morgan fingerprint density at radius 1 is 1.11 bits per heavy atom. The highest BCUT2D eigenvalue weighted by Crippen LogP contribution is 2.22. The van der Waals surface area contributed by atoms with Crippen molar-refractivity contribution >= 4 is 21.7 Å². The standard InChI is InChI=1S/C15H15BrN2/c16-13-6-2-1-4-12(13)10-17-15-9-8-11-5-3-7-14(11)18-15/h1-2,4,6,8-9H,3,5,7,10H2,(H,17,18). The van der Waals surface area contributed by atoms with Crippen molar-refractivity contribution in [1.29, 1.82) is 0 Å². The van der Waals surface area contributed by atoms with Gasteiger partial charge in [0, 0.05) is 16.7 Å². The number of nitrogens with one attached hydrogen (secondary N) is 1. The molecule has 0 amide bonds. The fraction of sp³-hybridized carbons (Fsp3) is 0.267. The molecule has 18 heavy (non-hydrogen) atoms. The topological polar surface area (TPSA) is 24.9 Å². The molecule has 0 spiro atoms. The van der Waals surface area contributed by atoms with Crippen LogP contribution in [0.1, 0.15) is 23.2 Å². The average Bonchev–Trinajstić information content (AvgIpc) is 2.85. The second-order valence-electron chi connectivity index (χ2n) is 4.60. The van der Waals surface area contributed by atoms with Crippen LogP contribution < -0.4 is 5.32 Å². The summed E-state index contributed by atoms with van der Waals surface area (Å²) in [6.45, 7) is 0.799. The first-order valence-corrected chi connectivity index (χ1v) is 7.08. The van der Waals surface area contributed by atoms with E-state index in [4.69, 9.17) is 0 Å². The molecule has 0 fully saturated rings. The first-order chi connectivity index (χ1) is 8.83. The fourth-order valence-corrected chi connectivity index (χ4v) is 2.77. The summed E-state index contributed by atoms with van der Waals surface area (Å²) < 4.78 is 1.14. The SMILES string of the molecule is Brc1ccccc1CNc1ccc2c(n1)CCC2. The first kappa shape index (κ1) is 11.7. The van der Waals surface area contributed by atoms with Crippen LogP contribution in [0.15, 0.2) is 40.9 Å². The van der Waals surface area contributed by atoms with Crippen LogP contribution in [0.4, 0.5) is 5.82 Å². The van der Waals surface area contributed by atoms with Gasteiger partial charge in [-0.1, -0.05) is 40.2 Å². The van der Waals surface area contributed by atoms with Gasteiger partial charge in [0.2, 0.25) is 0 Å². The molecular weight excluding hydrogens is 288 g/mol. The molecule has 1 heterocycles. The number of halogens is 1. The Kier molecular flexibility index (Phi) is 3.33. The highest BCUT2D eigenvalue weighted by atomic mass is 79.9. The van der Waals surface area contributed by atoms with E-state index in [2.05, 4.69) is 56.6 Å². The van der Waals surface area contributed by atoms with E-state index in [0.717, 1.165) is 23.3 Å². The largest absolute Gasteiger partial charge is 0.366 e. The molecule has 2 aromatic rings. The second kappa shape index (κ2) is 5.11. The summed E-state index contributed by atoms with van der Waals surface area (Å²) in [7, 11) is 0. The third-order valence-electron chi connectivity index (χ3n) is 3.35. The fourth-order valence-electron chi connectivity index (χ4n) is 2.35. The first-order valence-electron chi connectivity index (χ1n) is 6.29. The lowest BCUT2D eigenvalue weighted by Crippen LogP contribution is -2.03. The number of anilines is 1. The Labute approximate surface area is 116 Å². The molecular formula is C15H15BrN2. The van der Waals surface area contributed by atoms with Crippen LogP contribution in [0, 0.1) is 0 Å². The second-order valence-corrected chi connectivity index (χ2v) is 5.46. The minimum atomic E-state index is 0.799. The van der Waals surface area contributed by atoms with E-state index in [1.807, 2.05) is 6.07 Å². The molecule has 0 aliphatic heterocycles. The van der Waals surface area contributed by atoms with E-state index < -0.39 is 0 Å². The summed E-state index contributed by atoms with van der Waals surface area (Å²) in [6, 6.07) is 12.6. The van der Waals surface area contributed by atoms with Crippen molar-refractivity contribution in [1.82, 2.24) is 4.98 Å². The maximum absolute atomic E-state index is 4.67. The lowest BCUT2D eigenvalue weighted by atomic mass is 10.2. The maximum atomic E-state index is 4.67. The van der Waals surface area contributed by atoms with Crippen molar-refractivity contribution < 1.29 is 0 Å². The molecule has 1 aliphatic carbocycles. The van der Waals surface area contributed by atoms with E-state index in [0.29, 0.717) is 0 Å². The van der Waals surface area contributed by atoms with E-state index in [9.17, 15) is 0 Å². The molecule has 1 aliphatic rings. The Bertz CT molecular complexity index is 566. The Morgan fingerprint density at radius 3 is 2.89 bits per heavy atom. The molecule has 2 nitrogen and oxygen atoms in total. The van der Waals surface area contributed by atoms with Crippen molar-refractivity contribution in [2.24, 2.45) is 0 Å². The zero-order valence-corrected chi connectivity index (χ0v) is 11.7. The van der Waals surface area contributed by atoms with Crippen LogP contribution in [0.5, 0.6) is 0 Å². The predicted octanol–water partition coefficient (Wildman–Crippen LogP) is 3.94. The molecule has 0 radical (unpaired) electrons. The minimum absolute atomic E-state index is 0.799. The van der Waals surface area contributed by atoms with Gasteiger partial charge in [0.05, 0.1) is 0 Å². The third-order valence-corrected chi connectivity index (χ3v) is 4.12. The summed E-state index contributed by atoms with van der Waals surface area (Å²) in [6.07, 6.45) is 3.56. The van der Waals surface area contributed by atoms with Gasteiger partial charge in [0.25, 0.3) is 0 Å². The number of hydrogen-bond acceptors (Lipinski definition) is 2. The number of aryl methyl sites for hydroxylation is 2. The molecule has 92 valence electrons. The lowest BCUT2D eigenvalue weighted by molar-refractivity contribution is 0.899. The summed E-state index contributed by atoms with van der Waals surface area (Å²) in [5.74, 6) is 0.978. The quantitative estimate of drug-likeness (QED) is 0.929. The molecule has 0 unspecified atom stereocenters. The van der Waals surface area contributed by atoms with Gasteiger partial charge in [-0.3, -0.25) is 0 Å². The Hall–Kier alpha value is -1.35. The van der Waals surface area contributed by atoms with E-state index in [-0.39, 0.29) is 0 Å². The smallest absolute Gasteiger partial charge is 0.126 e. The zero-order chi connectivity index (χ0) is 12.4. The predicted molar refractivity (Wildman–Crippen MR) is 77.7 cm³/mol. The molecule has 0 atom stereocenters. The number of hydrogen-bond donors (Lipinski definition) is 1. The molecule has 1 aromatic heterocycles. The highest BCUT2D eigenvalue weighted by molar-refractivity contribution is 9.10. The number of pyridine rings is 1. The van der Waals surface area contributed by atoms with Crippen LogP contribution in [0.25, 0.3) is 0 Å².